The highest BCUT2D eigenvalue weighted by atomic mass is 32.1. The van der Waals surface area contributed by atoms with Gasteiger partial charge in [0.1, 0.15) is 11.2 Å². The molecule has 1 aliphatic rings. The second-order valence-electron chi connectivity index (χ2n) is 17.9. The highest BCUT2D eigenvalue weighted by molar-refractivity contribution is 7.26. The van der Waals surface area contributed by atoms with Crippen LogP contribution in [-0.4, -0.2) is 15.0 Å². The third kappa shape index (κ3) is 5.59. The summed E-state index contributed by atoms with van der Waals surface area (Å²) in [6.45, 7) is 4.68. The van der Waals surface area contributed by atoms with Crippen LogP contribution in [0, 0.1) is 0 Å². The zero-order valence-electron chi connectivity index (χ0n) is 36.0. The number of furan rings is 1. The van der Waals surface area contributed by atoms with Crippen LogP contribution < -0.4 is 0 Å². The van der Waals surface area contributed by atoms with Gasteiger partial charge in [-0.25, -0.2) is 15.0 Å². The van der Waals surface area contributed by atoms with E-state index in [-0.39, 0.29) is 5.41 Å². The molecule has 0 fully saturated rings. The largest absolute Gasteiger partial charge is 0.456 e. The van der Waals surface area contributed by atoms with E-state index < -0.39 is 0 Å². The van der Waals surface area contributed by atoms with Gasteiger partial charge < -0.3 is 4.42 Å². The number of fused-ring (bicyclic) bond motifs is 12. The van der Waals surface area contributed by atoms with E-state index in [2.05, 4.69) is 190 Å². The Kier molecular flexibility index (Phi) is 8.04. The zero-order chi connectivity index (χ0) is 43.7. The summed E-state index contributed by atoms with van der Waals surface area (Å²) in [5.74, 6) is 1.89. The van der Waals surface area contributed by atoms with Gasteiger partial charge in [0.05, 0.1) is 0 Å². The van der Waals surface area contributed by atoms with Crippen LogP contribution >= 0.6 is 22.7 Å². The van der Waals surface area contributed by atoms with Crippen molar-refractivity contribution < 1.29 is 4.42 Å². The summed E-state index contributed by atoms with van der Waals surface area (Å²) in [5.41, 5.74) is 14.5. The number of rotatable bonds is 5. The lowest BCUT2D eigenvalue weighted by molar-refractivity contribution is 0.660. The molecule has 14 rings (SSSR count). The molecule has 0 radical (unpaired) electrons. The van der Waals surface area contributed by atoms with E-state index in [1.54, 1.807) is 22.7 Å². The molecule has 0 spiro atoms. The van der Waals surface area contributed by atoms with Crippen molar-refractivity contribution in [1.29, 1.82) is 0 Å². The fourth-order valence-electron chi connectivity index (χ4n) is 10.6. The van der Waals surface area contributed by atoms with E-state index in [9.17, 15) is 0 Å². The van der Waals surface area contributed by atoms with Crippen molar-refractivity contribution in [3.63, 3.8) is 0 Å². The average Bonchev–Trinajstić information content (AvgIpc) is 4.11. The van der Waals surface area contributed by atoms with Crippen molar-refractivity contribution in [3.8, 4) is 67.5 Å². The summed E-state index contributed by atoms with van der Waals surface area (Å²) < 4.78 is 11.5. The molecule has 4 nitrogen and oxygen atoms in total. The maximum absolute atomic E-state index is 6.64. The number of thiophene rings is 2. The molecule has 4 aromatic heterocycles. The van der Waals surface area contributed by atoms with Crippen LogP contribution in [0.15, 0.2) is 192 Å². The van der Waals surface area contributed by atoms with E-state index in [1.165, 1.54) is 63.6 Å². The molecule has 0 unspecified atom stereocenters. The minimum atomic E-state index is -0.0672. The Morgan fingerprint density at radius 3 is 1.76 bits per heavy atom. The molecule has 0 N–H and O–H groups in total. The standard InChI is InChI=1S/C60H37N3OS2/c1-60(2)47-22-6-3-15-38(47)39-29-27-37(33-48(39)60)35-14-9-13-34(31-35)36-28-30-49-46(32-36)54-43(19-11-23-50(54)64-49)57-61-58(44-20-12-26-53-55(44)42-17-5-8-25-52(42)65-53)63-59(62-57)45-21-10-18-41-40-16-4-7-24-51(40)66-56(41)45/h3-33H,1-2H3. The predicted octanol–water partition coefficient (Wildman–Crippen LogP) is 17.1. The molecule has 0 atom stereocenters. The van der Waals surface area contributed by atoms with E-state index in [4.69, 9.17) is 19.4 Å². The average molecular weight is 880 g/mol. The molecule has 66 heavy (non-hydrogen) atoms. The topological polar surface area (TPSA) is 51.8 Å². The summed E-state index contributed by atoms with van der Waals surface area (Å²) in [6.07, 6.45) is 0. The van der Waals surface area contributed by atoms with Gasteiger partial charge in [-0.05, 0) is 99.1 Å². The number of benzene rings is 9. The van der Waals surface area contributed by atoms with Crippen LogP contribution in [0.25, 0.3) is 130 Å². The molecule has 0 saturated carbocycles. The number of hydrogen-bond acceptors (Lipinski definition) is 6. The van der Waals surface area contributed by atoms with Gasteiger partial charge in [-0.3, -0.25) is 0 Å². The van der Waals surface area contributed by atoms with Crippen LogP contribution in [0.3, 0.4) is 0 Å². The molecular formula is C60H37N3OS2. The minimum Gasteiger partial charge on any atom is -0.456 e. The molecule has 0 amide bonds. The minimum absolute atomic E-state index is 0.0672. The Bertz CT molecular complexity index is 4170. The lowest BCUT2D eigenvalue weighted by Gasteiger charge is -2.22. The molecule has 0 saturated heterocycles. The van der Waals surface area contributed by atoms with Crippen LogP contribution in [0.1, 0.15) is 25.0 Å². The highest BCUT2D eigenvalue weighted by Gasteiger charge is 2.35. The van der Waals surface area contributed by atoms with Crippen molar-refractivity contribution in [2.45, 2.75) is 19.3 Å². The summed E-state index contributed by atoms with van der Waals surface area (Å²) in [4.78, 5) is 16.2. The molecule has 0 bridgehead atoms. The third-order valence-electron chi connectivity index (χ3n) is 13.8. The Hall–Kier alpha value is -7.77. The van der Waals surface area contributed by atoms with Crippen LogP contribution in [-0.2, 0) is 5.41 Å². The van der Waals surface area contributed by atoms with Crippen LogP contribution in [0.5, 0.6) is 0 Å². The van der Waals surface area contributed by atoms with Crippen molar-refractivity contribution in [1.82, 2.24) is 15.0 Å². The monoisotopic (exact) mass is 879 g/mol. The fraction of sp³-hybridized carbons (Fsp3) is 0.0500. The van der Waals surface area contributed by atoms with Gasteiger partial charge in [-0.1, -0.05) is 147 Å². The molecule has 0 aliphatic heterocycles. The first kappa shape index (κ1) is 37.6. The first-order valence-electron chi connectivity index (χ1n) is 22.3. The smallest absolute Gasteiger partial charge is 0.165 e. The molecule has 1 aliphatic carbocycles. The summed E-state index contributed by atoms with van der Waals surface area (Å²) >= 11 is 3.59. The number of nitrogens with zero attached hydrogens (tertiary/aromatic N) is 3. The second kappa shape index (κ2) is 14.1. The Labute approximate surface area is 388 Å². The van der Waals surface area contributed by atoms with E-state index >= 15 is 0 Å². The number of hydrogen-bond donors (Lipinski definition) is 0. The van der Waals surface area contributed by atoms with E-state index in [0.29, 0.717) is 17.5 Å². The van der Waals surface area contributed by atoms with E-state index in [1.807, 2.05) is 12.1 Å². The third-order valence-corrected chi connectivity index (χ3v) is 16.1. The van der Waals surface area contributed by atoms with E-state index in [0.717, 1.165) is 59.8 Å². The molecule has 13 aromatic rings. The van der Waals surface area contributed by atoms with Gasteiger partial charge in [0.15, 0.2) is 17.5 Å². The first-order valence-corrected chi connectivity index (χ1v) is 24.0. The summed E-state index contributed by atoms with van der Waals surface area (Å²) in [6, 6.07) is 67.6. The highest BCUT2D eigenvalue weighted by Crippen LogP contribution is 2.50. The van der Waals surface area contributed by atoms with Gasteiger partial charge in [0.2, 0.25) is 0 Å². The second-order valence-corrected chi connectivity index (χ2v) is 20.0. The Balaban J connectivity index is 0.946. The van der Waals surface area contributed by atoms with Crippen molar-refractivity contribution in [3.05, 3.63) is 199 Å². The van der Waals surface area contributed by atoms with Gasteiger partial charge in [0, 0.05) is 73.2 Å². The quantitative estimate of drug-likeness (QED) is 0.173. The predicted molar refractivity (Wildman–Crippen MR) is 278 cm³/mol. The maximum Gasteiger partial charge on any atom is 0.165 e. The first-order chi connectivity index (χ1) is 32.4. The van der Waals surface area contributed by atoms with Crippen molar-refractivity contribution >= 4 is 85.0 Å². The fourth-order valence-corrected chi connectivity index (χ4v) is 12.9. The SMILES string of the molecule is CC1(C)c2ccccc2-c2ccc(-c3cccc(-c4ccc5oc6cccc(-c7nc(-c8cccc9c8sc8ccccc89)nc(-c8cccc9sc%10ccccc%10c89)n7)c6c5c4)c3)cc21. The Morgan fingerprint density at radius 2 is 0.924 bits per heavy atom. The maximum atomic E-state index is 6.64. The van der Waals surface area contributed by atoms with Crippen LogP contribution in [0.2, 0.25) is 0 Å². The molecule has 310 valence electrons. The zero-order valence-corrected chi connectivity index (χ0v) is 37.6. The van der Waals surface area contributed by atoms with Gasteiger partial charge in [0.25, 0.3) is 0 Å². The van der Waals surface area contributed by atoms with Crippen molar-refractivity contribution in [2.24, 2.45) is 0 Å². The van der Waals surface area contributed by atoms with Gasteiger partial charge in [-0.2, -0.15) is 0 Å². The normalized spacial score (nSPS) is 13.1. The van der Waals surface area contributed by atoms with Gasteiger partial charge >= 0.3 is 0 Å². The molecule has 9 aromatic carbocycles. The summed E-state index contributed by atoms with van der Waals surface area (Å²) in [7, 11) is 0. The van der Waals surface area contributed by atoms with Crippen molar-refractivity contribution in [2.75, 3.05) is 0 Å². The number of aromatic nitrogens is 3. The van der Waals surface area contributed by atoms with Gasteiger partial charge in [-0.15, -0.1) is 22.7 Å². The van der Waals surface area contributed by atoms with Crippen LogP contribution in [0.4, 0.5) is 0 Å². The Morgan fingerprint density at radius 1 is 0.364 bits per heavy atom. The summed E-state index contributed by atoms with van der Waals surface area (Å²) in [5, 5.41) is 6.80. The molecule has 4 heterocycles. The lowest BCUT2D eigenvalue weighted by atomic mass is 9.81. The lowest BCUT2D eigenvalue weighted by Crippen LogP contribution is -2.14. The molecule has 6 heteroatoms. The molecular weight excluding hydrogens is 843 g/mol.